The molecule has 0 saturated heterocycles. The fourth-order valence-electron chi connectivity index (χ4n) is 2.54. The average Bonchev–Trinajstić information content (AvgIpc) is 2.99. The molecule has 1 heterocycles. The molecule has 7 heteroatoms. The van der Waals surface area contributed by atoms with Crippen molar-refractivity contribution in [3.8, 4) is 0 Å². The Morgan fingerprint density at radius 3 is 2.15 bits per heavy atom. The maximum Gasteiger partial charge on any atom is 0.323 e. The molecule has 0 atom stereocenters. The predicted molar refractivity (Wildman–Crippen MR) is 103 cm³/mol. The molecule has 0 fully saturated rings. The van der Waals surface area contributed by atoms with Crippen molar-refractivity contribution in [3.05, 3.63) is 77.2 Å². The number of nitrogens with one attached hydrogen (secondary N) is 3. The summed E-state index contributed by atoms with van der Waals surface area (Å²) in [4.78, 5) is 24.3. The predicted octanol–water partition coefficient (Wildman–Crippen LogP) is 3.87. The zero-order valence-corrected chi connectivity index (χ0v) is 15.1. The molecule has 0 radical (unpaired) electrons. The second-order valence-corrected chi connectivity index (χ2v) is 6.01. The number of amides is 3. The van der Waals surface area contributed by atoms with E-state index < -0.39 is 0 Å². The number of para-hydroxylation sites is 1. The highest BCUT2D eigenvalue weighted by Gasteiger charge is 2.11. The van der Waals surface area contributed by atoms with Crippen molar-refractivity contribution in [2.75, 3.05) is 10.6 Å². The summed E-state index contributed by atoms with van der Waals surface area (Å²) in [5, 5.41) is 12.2. The smallest absolute Gasteiger partial charge is 0.323 e. The van der Waals surface area contributed by atoms with Crippen LogP contribution in [0.5, 0.6) is 0 Å². The molecular formula is C20H20N4O3. The number of aryl methyl sites for hydroxylation is 2. The summed E-state index contributed by atoms with van der Waals surface area (Å²) < 4.78 is 5.08. The molecule has 2 aromatic carbocycles. The second kappa shape index (κ2) is 8.18. The minimum Gasteiger partial charge on any atom is -0.361 e. The molecule has 0 aliphatic rings. The first kappa shape index (κ1) is 18.2. The van der Waals surface area contributed by atoms with Gasteiger partial charge in [0.25, 0.3) is 5.91 Å². The van der Waals surface area contributed by atoms with Crippen LogP contribution in [0.15, 0.2) is 59.1 Å². The van der Waals surface area contributed by atoms with Crippen molar-refractivity contribution in [3.63, 3.8) is 0 Å². The van der Waals surface area contributed by atoms with Crippen molar-refractivity contribution in [2.24, 2.45) is 0 Å². The number of benzene rings is 2. The minimum absolute atomic E-state index is 0.213. The Hall–Kier alpha value is -3.61. The molecular weight excluding hydrogens is 344 g/mol. The first-order valence-electron chi connectivity index (χ1n) is 8.46. The van der Waals surface area contributed by atoms with Gasteiger partial charge in [0.1, 0.15) is 5.76 Å². The maximum absolute atomic E-state index is 12.3. The third-order valence-corrected chi connectivity index (χ3v) is 4.04. The van der Waals surface area contributed by atoms with E-state index in [4.69, 9.17) is 4.52 Å². The van der Waals surface area contributed by atoms with Crippen molar-refractivity contribution in [1.29, 1.82) is 0 Å². The van der Waals surface area contributed by atoms with Gasteiger partial charge in [-0.2, -0.15) is 0 Å². The Labute approximate surface area is 156 Å². The number of rotatable bonds is 5. The van der Waals surface area contributed by atoms with E-state index in [1.54, 1.807) is 36.4 Å². The summed E-state index contributed by atoms with van der Waals surface area (Å²) >= 11 is 0. The lowest BCUT2D eigenvalue weighted by molar-refractivity contribution is 0.0951. The van der Waals surface area contributed by atoms with Crippen LogP contribution in [0.25, 0.3) is 0 Å². The molecule has 3 amide bonds. The lowest BCUT2D eigenvalue weighted by Gasteiger charge is -2.09. The van der Waals surface area contributed by atoms with Crippen LogP contribution in [0.1, 0.15) is 27.4 Å². The highest BCUT2D eigenvalue weighted by atomic mass is 16.5. The molecule has 0 bridgehead atoms. The molecule has 0 aliphatic carbocycles. The third-order valence-electron chi connectivity index (χ3n) is 4.04. The minimum atomic E-state index is -0.350. The Morgan fingerprint density at radius 1 is 0.926 bits per heavy atom. The van der Waals surface area contributed by atoms with Gasteiger partial charge in [-0.25, -0.2) is 4.79 Å². The number of anilines is 2. The van der Waals surface area contributed by atoms with Gasteiger partial charge in [-0.05, 0) is 50.2 Å². The summed E-state index contributed by atoms with van der Waals surface area (Å²) in [7, 11) is 0. The van der Waals surface area contributed by atoms with Gasteiger partial charge in [0, 0.05) is 29.0 Å². The molecule has 3 aromatic rings. The van der Waals surface area contributed by atoms with Crippen LogP contribution >= 0.6 is 0 Å². The van der Waals surface area contributed by atoms with E-state index in [2.05, 4.69) is 21.1 Å². The van der Waals surface area contributed by atoms with Crippen molar-refractivity contribution >= 4 is 23.3 Å². The van der Waals surface area contributed by atoms with Crippen LogP contribution in [-0.2, 0) is 6.54 Å². The van der Waals surface area contributed by atoms with Crippen molar-refractivity contribution in [1.82, 2.24) is 10.5 Å². The number of aromatic nitrogens is 1. The first-order valence-corrected chi connectivity index (χ1v) is 8.46. The zero-order valence-electron chi connectivity index (χ0n) is 15.1. The summed E-state index contributed by atoms with van der Waals surface area (Å²) in [5.74, 6) is 0.479. The van der Waals surface area contributed by atoms with Gasteiger partial charge in [0.2, 0.25) is 0 Å². The second-order valence-electron chi connectivity index (χ2n) is 6.01. The summed E-state index contributed by atoms with van der Waals surface area (Å²) in [6, 6.07) is 15.5. The van der Waals surface area contributed by atoms with Gasteiger partial charge in [-0.1, -0.05) is 23.4 Å². The van der Waals surface area contributed by atoms with Crippen LogP contribution in [0.3, 0.4) is 0 Å². The van der Waals surface area contributed by atoms with Crippen LogP contribution in [0.2, 0.25) is 0 Å². The van der Waals surface area contributed by atoms with E-state index in [0.717, 1.165) is 11.3 Å². The van der Waals surface area contributed by atoms with Crippen LogP contribution < -0.4 is 16.0 Å². The Morgan fingerprint density at radius 2 is 1.56 bits per heavy atom. The summed E-state index contributed by atoms with van der Waals surface area (Å²) in [6.45, 7) is 3.99. The highest BCUT2D eigenvalue weighted by molar-refractivity contribution is 6.00. The molecule has 138 valence electrons. The third kappa shape index (κ3) is 4.72. The lowest BCUT2D eigenvalue weighted by Crippen LogP contribution is -2.23. The highest BCUT2D eigenvalue weighted by Crippen LogP contribution is 2.14. The Bertz CT molecular complexity index is 914. The summed E-state index contributed by atoms with van der Waals surface area (Å²) in [6.07, 6.45) is 0. The average molecular weight is 364 g/mol. The van der Waals surface area contributed by atoms with E-state index in [1.165, 1.54) is 0 Å². The SMILES string of the molecule is Cc1noc(C)c1CNC(=O)c1ccc(NC(=O)Nc2ccccc2)cc1. The Balaban J connectivity index is 1.55. The number of carbonyl (C=O) groups is 2. The molecule has 0 unspecified atom stereocenters. The van der Waals surface area contributed by atoms with Gasteiger partial charge in [-0.15, -0.1) is 0 Å². The number of hydrogen-bond acceptors (Lipinski definition) is 4. The fourth-order valence-corrected chi connectivity index (χ4v) is 2.54. The molecule has 3 rings (SSSR count). The van der Waals surface area contributed by atoms with Crippen molar-refractivity contribution in [2.45, 2.75) is 20.4 Å². The number of urea groups is 1. The van der Waals surface area contributed by atoms with Crippen LogP contribution in [-0.4, -0.2) is 17.1 Å². The van der Waals surface area contributed by atoms with E-state index in [1.807, 2.05) is 32.0 Å². The first-order chi connectivity index (χ1) is 13.0. The molecule has 0 spiro atoms. The quantitative estimate of drug-likeness (QED) is 0.640. The fraction of sp³-hybridized carbons (Fsp3) is 0.150. The number of hydrogen-bond donors (Lipinski definition) is 3. The monoisotopic (exact) mass is 364 g/mol. The standard InChI is InChI=1S/C20H20N4O3/c1-13-18(14(2)27-24-13)12-21-19(25)15-8-10-17(11-9-15)23-20(26)22-16-6-4-3-5-7-16/h3-11H,12H2,1-2H3,(H,21,25)(H2,22,23,26). The summed E-state index contributed by atoms with van der Waals surface area (Å²) in [5.41, 5.74) is 3.42. The molecule has 0 saturated carbocycles. The molecule has 0 aliphatic heterocycles. The topological polar surface area (TPSA) is 96.3 Å². The zero-order chi connectivity index (χ0) is 19.2. The van der Waals surface area contributed by atoms with E-state index in [9.17, 15) is 9.59 Å². The number of nitrogens with zero attached hydrogens (tertiary/aromatic N) is 1. The van der Waals surface area contributed by atoms with E-state index in [-0.39, 0.29) is 11.9 Å². The van der Waals surface area contributed by atoms with Crippen LogP contribution in [0.4, 0.5) is 16.2 Å². The molecule has 3 N–H and O–H groups in total. The van der Waals surface area contributed by atoms with Gasteiger partial charge in [0.15, 0.2) is 0 Å². The molecule has 7 nitrogen and oxygen atoms in total. The van der Waals surface area contributed by atoms with Crippen molar-refractivity contribution < 1.29 is 14.1 Å². The van der Waals surface area contributed by atoms with Gasteiger partial charge >= 0.3 is 6.03 Å². The number of carbonyl (C=O) groups excluding carboxylic acids is 2. The van der Waals surface area contributed by atoms with Gasteiger partial charge in [0.05, 0.1) is 5.69 Å². The lowest BCUT2D eigenvalue weighted by atomic mass is 10.1. The molecule has 27 heavy (non-hydrogen) atoms. The largest absolute Gasteiger partial charge is 0.361 e. The van der Waals surface area contributed by atoms with Gasteiger partial charge < -0.3 is 20.5 Å². The molecule has 1 aromatic heterocycles. The van der Waals surface area contributed by atoms with Gasteiger partial charge in [-0.3, -0.25) is 4.79 Å². The normalized spacial score (nSPS) is 10.3. The maximum atomic E-state index is 12.3. The van der Waals surface area contributed by atoms with E-state index >= 15 is 0 Å². The van der Waals surface area contributed by atoms with Crippen LogP contribution in [0, 0.1) is 13.8 Å². The van der Waals surface area contributed by atoms with E-state index in [0.29, 0.717) is 29.2 Å². The Kier molecular flexibility index (Phi) is 5.51.